The molecule has 0 bridgehead atoms. The molecule has 0 aliphatic carbocycles. The van der Waals surface area contributed by atoms with Gasteiger partial charge >= 0.3 is 0 Å². The van der Waals surface area contributed by atoms with E-state index in [1.165, 1.54) is 25.7 Å². The molecule has 0 aliphatic rings. The quantitative estimate of drug-likeness (QED) is 0.328. The fourth-order valence-corrected chi connectivity index (χ4v) is 1.80. The zero-order valence-electron chi connectivity index (χ0n) is 10.2. The van der Waals surface area contributed by atoms with Crippen LogP contribution in [0.25, 0.3) is 0 Å². The monoisotopic (exact) mass is 231 g/mol. The molecular weight excluding hydrogens is 208 g/mol. The van der Waals surface area contributed by atoms with E-state index in [9.17, 15) is 0 Å². The van der Waals surface area contributed by atoms with Crippen molar-refractivity contribution in [2.24, 2.45) is 0 Å². The van der Waals surface area contributed by atoms with Crippen LogP contribution in [0.4, 0.5) is 0 Å². The van der Waals surface area contributed by atoms with E-state index in [1.54, 1.807) is 21.3 Å². The number of methoxy groups -OCH3 is 3. The number of ether oxygens (including phenoxy) is 3. The van der Waals surface area contributed by atoms with E-state index < -0.39 is 5.97 Å². The summed E-state index contributed by atoms with van der Waals surface area (Å²) in [4.78, 5) is 0. The van der Waals surface area contributed by atoms with Crippen molar-refractivity contribution < 1.29 is 14.2 Å². The second-order valence-corrected chi connectivity index (χ2v) is 4.06. The average molecular weight is 231 g/mol. The van der Waals surface area contributed by atoms with Gasteiger partial charge in [0.05, 0.1) is 0 Å². The zero-order valence-corrected chi connectivity index (χ0v) is 11.2. The van der Waals surface area contributed by atoms with E-state index in [1.807, 2.05) is 0 Å². The minimum Gasteiger partial charge on any atom is -0.331 e. The fraction of sp³-hybridized carbons (Fsp3) is 1.00. The molecule has 89 valence electrons. The van der Waals surface area contributed by atoms with Gasteiger partial charge in [0, 0.05) is 38.0 Å². The Morgan fingerprint density at radius 3 is 1.73 bits per heavy atom. The summed E-state index contributed by atoms with van der Waals surface area (Å²) in [5.41, 5.74) is 0. The first-order valence-corrected chi connectivity index (χ1v) is 6.25. The highest BCUT2D eigenvalue weighted by Gasteiger charge is 2.28. The highest BCUT2D eigenvalue weighted by atomic mass is 28.1. The summed E-state index contributed by atoms with van der Waals surface area (Å²) in [6.45, 7) is 0. The van der Waals surface area contributed by atoms with Crippen LogP contribution < -0.4 is 0 Å². The van der Waals surface area contributed by atoms with Gasteiger partial charge in [-0.15, -0.1) is 0 Å². The summed E-state index contributed by atoms with van der Waals surface area (Å²) in [6.07, 6.45) is 6.84. The standard InChI is InChI=1S/C11H23O3Si/c1-12-11(13-2,14-3)9-7-5-4-6-8-10-15/h4-10H2,1-3H3. The van der Waals surface area contributed by atoms with Crippen LogP contribution in [0.5, 0.6) is 0 Å². The molecule has 0 aromatic heterocycles. The summed E-state index contributed by atoms with van der Waals surface area (Å²) >= 11 is 0. The summed E-state index contributed by atoms with van der Waals surface area (Å²) in [5.74, 6) is -0.838. The number of unbranched alkanes of at least 4 members (excludes halogenated alkanes) is 4. The van der Waals surface area contributed by atoms with Gasteiger partial charge in [0.25, 0.3) is 5.97 Å². The van der Waals surface area contributed by atoms with Crippen molar-refractivity contribution in [1.29, 1.82) is 0 Å². The Bertz CT molecular complexity index is 130. The van der Waals surface area contributed by atoms with Crippen molar-refractivity contribution in [3.05, 3.63) is 0 Å². The highest BCUT2D eigenvalue weighted by Crippen LogP contribution is 2.21. The molecule has 0 spiro atoms. The van der Waals surface area contributed by atoms with E-state index in [2.05, 4.69) is 10.2 Å². The van der Waals surface area contributed by atoms with Gasteiger partial charge in [-0.25, -0.2) is 0 Å². The predicted octanol–water partition coefficient (Wildman–Crippen LogP) is 2.51. The predicted molar refractivity (Wildman–Crippen MR) is 62.0 cm³/mol. The third-order valence-corrected chi connectivity index (χ3v) is 2.95. The Morgan fingerprint density at radius 2 is 1.27 bits per heavy atom. The molecule has 15 heavy (non-hydrogen) atoms. The van der Waals surface area contributed by atoms with E-state index in [4.69, 9.17) is 14.2 Å². The molecule has 3 nitrogen and oxygen atoms in total. The molecule has 0 fully saturated rings. The van der Waals surface area contributed by atoms with Crippen LogP contribution in [-0.4, -0.2) is 37.5 Å². The lowest BCUT2D eigenvalue weighted by Gasteiger charge is -2.28. The minimum atomic E-state index is -0.838. The van der Waals surface area contributed by atoms with Gasteiger partial charge in [0.2, 0.25) is 0 Å². The second kappa shape index (κ2) is 9.33. The molecular formula is C11H23O3Si. The van der Waals surface area contributed by atoms with Gasteiger partial charge in [0.1, 0.15) is 0 Å². The molecule has 0 unspecified atom stereocenters. The second-order valence-electron chi connectivity index (χ2n) is 3.56. The van der Waals surface area contributed by atoms with E-state index in [0.29, 0.717) is 0 Å². The molecule has 0 amide bonds. The van der Waals surface area contributed by atoms with Crippen LogP contribution in [0.1, 0.15) is 38.5 Å². The topological polar surface area (TPSA) is 27.7 Å². The van der Waals surface area contributed by atoms with Gasteiger partial charge in [-0.1, -0.05) is 31.7 Å². The van der Waals surface area contributed by atoms with E-state index >= 15 is 0 Å². The lowest BCUT2D eigenvalue weighted by Crippen LogP contribution is -2.35. The third kappa shape index (κ3) is 6.30. The van der Waals surface area contributed by atoms with Crippen LogP contribution in [0.3, 0.4) is 0 Å². The first-order valence-electron chi connectivity index (χ1n) is 5.54. The molecule has 0 atom stereocenters. The summed E-state index contributed by atoms with van der Waals surface area (Å²) in [7, 11) is 8.29. The zero-order chi connectivity index (χ0) is 11.6. The Balaban J connectivity index is 3.54. The molecule has 4 heteroatoms. The number of hydrogen-bond donors (Lipinski definition) is 0. The first-order chi connectivity index (χ1) is 7.24. The van der Waals surface area contributed by atoms with Gasteiger partial charge in [0.15, 0.2) is 0 Å². The molecule has 0 heterocycles. The normalized spacial score (nSPS) is 12.0. The Morgan fingerprint density at radius 1 is 0.800 bits per heavy atom. The van der Waals surface area contributed by atoms with Crippen LogP contribution in [-0.2, 0) is 14.2 Å². The molecule has 0 aromatic carbocycles. The maximum absolute atomic E-state index is 5.21. The van der Waals surface area contributed by atoms with Gasteiger partial charge < -0.3 is 14.2 Å². The van der Waals surface area contributed by atoms with Crippen molar-refractivity contribution in [3.8, 4) is 0 Å². The minimum absolute atomic E-state index is 0.782. The van der Waals surface area contributed by atoms with Gasteiger partial charge in [-0.05, 0) is 6.42 Å². The van der Waals surface area contributed by atoms with E-state index in [0.717, 1.165) is 18.9 Å². The number of rotatable bonds is 10. The smallest absolute Gasteiger partial charge is 0.282 e. The fourth-order valence-electron chi connectivity index (χ4n) is 1.55. The van der Waals surface area contributed by atoms with Crippen molar-refractivity contribution >= 4 is 10.2 Å². The average Bonchev–Trinajstić information content (AvgIpc) is 2.29. The first kappa shape index (κ1) is 15.1. The Hall–Kier alpha value is 0.0969. The van der Waals surface area contributed by atoms with Crippen LogP contribution >= 0.6 is 0 Å². The molecule has 0 N–H and O–H groups in total. The van der Waals surface area contributed by atoms with Crippen LogP contribution in [0, 0.1) is 0 Å². The van der Waals surface area contributed by atoms with Crippen molar-refractivity contribution in [2.45, 2.75) is 50.5 Å². The van der Waals surface area contributed by atoms with Crippen molar-refractivity contribution in [1.82, 2.24) is 0 Å². The highest BCUT2D eigenvalue weighted by molar-refractivity contribution is 6.08. The Labute approximate surface area is 96.9 Å². The van der Waals surface area contributed by atoms with Crippen LogP contribution in [0.2, 0.25) is 6.04 Å². The summed E-state index contributed by atoms with van der Waals surface area (Å²) < 4.78 is 15.6. The molecule has 0 saturated heterocycles. The van der Waals surface area contributed by atoms with Crippen molar-refractivity contribution in [3.63, 3.8) is 0 Å². The van der Waals surface area contributed by atoms with E-state index in [-0.39, 0.29) is 0 Å². The lowest BCUT2D eigenvalue weighted by atomic mass is 10.1. The molecule has 3 radical (unpaired) electrons. The third-order valence-electron chi connectivity index (χ3n) is 2.59. The molecule has 0 rings (SSSR count). The molecule has 0 saturated carbocycles. The summed E-state index contributed by atoms with van der Waals surface area (Å²) in [5, 5.41) is 0. The maximum Gasteiger partial charge on any atom is 0.282 e. The molecule has 0 aliphatic heterocycles. The summed E-state index contributed by atoms with van der Waals surface area (Å²) in [6, 6.07) is 1.10. The van der Waals surface area contributed by atoms with Gasteiger partial charge in [-0.2, -0.15) is 0 Å². The Kier molecular flexibility index (Phi) is 9.39. The van der Waals surface area contributed by atoms with Crippen molar-refractivity contribution in [2.75, 3.05) is 21.3 Å². The lowest BCUT2D eigenvalue weighted by molar-refractivity contribution is -0.355. The SMILES string of the molecule is COC(CCCCCCC[Si])(OC)OC. The van der Waals surface area contributed by atoms with Gasteiger partial charge in [-0.3, -0.25) is 0 Å². The van der Waals surface area contributed by atoms with Crippen LogP contribution in [0.15, 0.2) is 0 Å². The largest absolute Gasteiger partial charge is 0.331 e. The molecule has 0 aromatic rings. The maximum atomic E-state index is 5.21. The number of hydrogen-bond acceptors (Lipinski definition) is 3.